The second-order valence-electron chi connectivity index (χ2n) is 6.30. The van der Waals surface area contributed by atoms with Crippen LogP contribution < -0.4 is 0 Å². The van der Waals surface area contributed by atoms with Gasteiger partial charge in [0.1, 0.15) is 11.2 Å². The maximum Gasteiger partial charge on any atom is 0.225 e. The fourth-order valence-corrected chi connectivity index (χ4v) is 2.36. The normalized spacial score (nSPS) is 39.6. The molecular weight excluding hydrogens is 218 g/mol. The molecule has 2 heterocycles. The molecule has 0 aromatic heterocycles. The smallest absolute Gasteiger partial charge is 0.225 e. The van der Waals surface area contributed by atoms with Crippen molar-refractivity contribution in [2.24, 2.45) is 5.92 Å². The highest BCUT2D eigenvalue weighted by atomic mass is 16.6. The summed E-state index contributed by atoms with van der Waals surface area (Å²) >= 11 is 0. The number of carbonyl (C=O) groups is 1. The van der Waals surface area contributed by atoms with Crippen LogP contribution in [0.1, 0.15) is 33.1 Å². The summed E-state index contributed by atoms with van der Waals surface area (Å²) < 4.78 is 10.8. The Morgan fingerprint density at radius 2 is 1.65 bits per heavy atom. The molecule has 2 atom stereocenters. The highest BCUT2D eigenvalue weighted by molar-refractivity contribution is 5.79. The van der Waals surface area contributed by atoms with E-state index in [9.17, 15) is 4.79 Å². The Hall–Kier alpha value is -0.610. The summed E-state index contributed by atoms with van der Waals surface area (Å²) in [6.07, 6.45) is 3.32. The van der Waals surface area contributed by atoms with Crippen LogP contribution in [-0.2, 0) is 14.3 Å². The summed E-state index contributed by atoms with van der Waals surface area (Å²) in [6, 6.07) is 0. The molecule has 3 aliphatic rings. The lowest BCUT2D eigenvalue weighted by molar-refractivity contribution is -0.139. The monoisotopic (exact) mass is 239 g/mol. The van der Waals surface area contributed by atoms with E-state index in [0.29, 0.717) is 5.91 Å². The molecule has 4 heteroatoms. The molecule has 17 heavy (non-hydrogen) atoms. The van der Waals surface area contributed by atoms with Gasteiger partial charge in [-0.3, -0.25) is 4.79 Å². The van der Waals surface area contributed by atoms with Crippen LogP contribution in [0, 0.1) is 5.92 Å². The van der Waals surface area contributed by atoms with Gasteiger partial charge in [-0.05, 0) is 26.7 Å². The van der Waals surface area contributed by atoms with E-state index in [1.165, 1.54) is 6.42 Å². The fraction of sp³-hybridized carbons (Fsp3) is 0.923. The van der Waals surface area contributed by atoms with Crippen molar-refractivity contribution in [3.8, 4) is 0 Å². The van der Waals surface area contributed by atoms with Crippen molar-refractivity contribution in [1.29, 1.82) is 0 Å². The first-order chi connectivity index (χ1) is 8.00. The standard InChI is InChI=1S/C13H21NO3/c1-12(8-16-12)6-14(7-13(2)9-17-13)11(15)10-4-3-5-10/h10H,3-9H2,1-2H3. The maximum absolute atomic E-state index is 12.4. The van der Waals surface area contributed by atoms with Crippen molar-refractivity contribution >= 4 is 5.91 Å². The van der Waals surface area contributed by atoms with Gasteiger partial charge in [0.05, 0.1) is 26.3 Å². The minimum Gasteiger partial charge on any atom is -0.368 e. The molecule has 0 N–H and O–H groups in total. The summed E-state index contributed by atoms with van der Waals surface area (Å²) in [7, 11) is 0. The van der Waals surface area contributed by atoms with Crippen LogP contribution in [0.25, 0.3) is 0 Å². The highest BCUT2D eigenvalue weighted by Crippen LogP contribution is 2.35. The van der Waals surface area contributed by atoms with E-state index >= 15 is 0 Å². The number of carbonyl (C=O) groups excluding carboxylic acids is 1. The largest absolute Gasteiger partial charge is 0.368 e. The van der Waals surface area contributed by atoms with Crippen LogP contribution >= 0.6 is 0 Å². The molecule has 1 aliphatic carbocycles. The van der Waals surface area contributed by atoms with Gasteiger partial charge in [0.15, 0.2) is 0 Å². The van der Waals surface area contributed by atoms with Crippen LogP contribution in [0.15, 0.2) is 0 Å². The number of hydrogen-bond donors (Lipinski definition) is 0. The molecular formula is C13H21NO3. The average Bonchev–Trinajstić information content (AvgIpc) is 3.05. The Kier molecular flexibility index (Phi) is 2.49. The van der Waals surface area contributed by atoms with Crippen molar-refractivity contribution < 1.29 is 14.3 Å². The number of hydrogen-bond acceptors (Lipinski definition) is 3. The SMILES string of the molecule is CC1(CN(CC2(C)CO2)C(=O)C2CCC2)CO1. The van der Waals surface area contributed by atoms with Gasteiger partial charge in [0.2, 0.25) is 5.91 Å². The zero-order valence-electron chi connectivity index (χ0n) is 10.7. The lowest BCUT2D eigenvalue weighted by Gasteiger charge is -2.33. The molecule has 1 saturated carbocycles. The Balaban J connectivity index is 1.63. The van der Waals surface area contributed by atoms with Crippen LogP contribution in [0.5, 0.6) is 0 Å². The lowest BCUT2D eigenvalue weighted by Crippen LogP contribution is -2.47. The van der Waals surface area contributed by atoms with Crippen molar-refractivity contribution in [3.05, 3.63) is 0 Å². The van der Waals surface area contributed by atoms with Gasteiger partial charge < -0.3 is 14.4 Å². The molecule has 3 fully saturated rings. The Morgan fingerprint density at radius 3 is 1.94 bits per heavy atom. The molecule has 0 aromatic rings. The number of epoxide rings is 2. The molecule has 0 radical (unpaired) electrons. The van der Waals surface area contributed by atoms with Crippen LogP contribution in [0.4, 0.5) is 0 Å². The van der Waals surface area contributed by atoms with Crippen LogP contribution in [0.2, 0.25) is 0 Å². The van der Waals surface area contributed by atoms with Crippen molar-refractivity contribution in [3.63, 3.8) is 0 Å². The second-order valence-corrected chi connectivity index (χ2v) is 6.30. The van der Waals surface area contributed by atoms with E-state index in [1.54, 1.807) is 0 Å². The van der Waals surface area contributed by atoms with Crippen molar-refractivity contribution in [1.82, 2.24) is 4.90 Å². The summed E-state index contributed by atoms with van der Waals surface area (Å²) in [5.41, 5.74) is -0.185. The summed E-state index contributed by atoms with van der Waals surface area (Å²) in [4.78, 5) is 14.3. The van der Waals surface area contributed by atoms with Gasteiger partial charge in [0.25, 0.3) is 0 Å². The van der Waals surface area contributed by atoms with E-state index in [2.05, 4.69) is 13.8 Å². The average molecular weight is 239 g/mol. The molecule has 3 rings (SSSR count). The van der Waals surface area contributed by atoms with Gasteiger partial charge in [-0.15, -0.1) is 0 Å². The molecule has 0 spiro atoms. The first-order valence-corrected chi connectivity index (χ1v) is 6.57. The number of amides is 1. The van der Waals surface area contributed by atoms with Gasteiger partial charge in [-0.1, -0.05) is 6.42 Å². The molecule has 4 nitrogen and oxygen atoms in total. The first-order valence-electron chi connectivity index (χ1n) is 6.57. The zero-order valence-corrected chi connectivity index (χ0v) is 10.7. The molecule has 2 unspecified atom stereocenters. The molecule has 0 bridgehead atoms. The van der Waals surface area contributed by atoms with Gasteiger partial charge >= 0.3 is 0 Å². The van der Waals surface area contributed by atoms with E-state index in [1.807, 2.05) is 4.90 Å². The topological polar surface area (TPSA) is 45.4 Å². The van der Waals surface area contributed by atoms with E-state index in [-0.39, 0.29) is 17.1 Å². The van der Waals surface area contributed by atoms with E-state index < -0.39 is 0 Å². The summed E-state index contributed by atoms with van der Waals surface area (Å²) in [6.45, 7) is 7.15. The molecule has 0 aromatic carbocycles. The number of ether oxygens (including phenoxy) is 2. The summed E-state index contributed by atoms with van der Waals surface area (Å²) in [5, 5.41) is 0. The Labute approximate surface area is 102 Å². The maximum atomic E-state index is 12.4. The van der Waals surface area contributed by atoms with E-state index in [4.69, 9.17) is 9.47 Å². The minimum atomic E-state index is -0.0926. The second kappa shape index (κ2) is 3.69. The number of nitrogens with zero attached hydrogens (tertiary/aromatic N) is 1. The van der Waals surface area contributed by atoms with E-state index in [0.717, 1.165) is 39.1 Å². The first kappa shape index (κ1) is 11.5. The van der Waals surface area contributed by atoms with Crippen molar-refractivity contribution in [2.45, 2.75) is 44.3 Å². The van der Waals surface area contributed by atoms with Gasteiger partial charge in [-0.25, -0.2) is 0 Å². The summed E-state index contributed by atoms with van der Waals surface area (Å²) in [5.74, 6) is 0.574. The predicted octanol–water partition coefficient (Wildman–Crippen LogP) is 1.19. The highest BCUT2D eigenvalue weighted by Gasteiger charge is 2.48. The lowest BCUT2D eigenvalue weighted by atomic mass is 9.84. The number of rotatable bonds is 5. The minimum absolute atomic E-state index is 0.0926. The molecule has 2 saturated heterocycles. The van der Waals surface area contributed by atoms with Gasteiger partial charge in [0, 0.05) is 5.92 Å². The third kappa shape index (κ3) is 2.47. The van der Waals surface area contributed by atoms with Gasteiger partial charge in [-0.2, -0.15) is 0 Å². The molecule has 1 amide bonds. The molecule has 96 valence electrons. The Morgan fingerprint density at radius 1 is 1.18 bits per heavy atom. The predicted molar refractivity (Wildman–Crippen MR) is 62.6 cm³/mol. The van der Waals surface area contributed by atoms with Crippen molar-refractivity contribution in [2.75, 3.05) is 26.3 Å². The third-order valence-corrected chi connectivity index (χ3v) is 4.09. The zero-order chi connectivity index (χ0) is 12.1. The Bertz CT molecular complexity index is 310. The van der Waals surface area contributed by atoms with Crippen LogP contribution in [-0.4, -0.2) is 48.3 Å². The molecule has 2 aliphatic heterocycles. The fourth-order valence-electron chi connectivity index (χ4n) is 2.36. The quantitative estimate of drug-likeness (QED) is 0.677. The van der Waals surface area contributed by atoms with Crippen LogP contribution in [0.3, 0.4) is 0 Å². The third-order valence-electron chi connectivity index (χ3n) is 4.09.